The normalized spacial score (nSPS) is 17.5. The summed E-state index contributed by atoms with van der Waals surface area (Å²) in [5.41, 5.74) is 5.61. The summed E-state index contributed by atoms with van der Waals surface area (Å²) in [5.74, 6) is -3.57. The van der Waals surface area contributed by atoms with E-state index in [-0.39, 0.29) is 55.1 Å². The number of hydrogen-bond acceptors (Lipinski definition) is 7. The van der Waals surface area contributed by atoms with Crippen LogP contribution in [0, 0.1) is 0 Å². The third-order valence-corrected chi connectivity index (χ3v) is 3.88. The lowest BCUT2D eigenvalue weighted by molar-refractivity contribution is -0.276. The molecule has 7 nitrogen and oxygen atoms in total. The van der Waals surface area contributed by atoms with E-state index in [2.05, 4.69) is 30.0 Å². The van der Waals surface area contributed by atoms with E-state index in [9.17, 15) is 22.0 Å². The third kappa shape index (κ3) is 5.34. The highest BCUT2D eigenvalue weighted by Gasteiger charge is 2.35. The van der Waals surface area contributed by atoms with E-state index in [1.807, 2.05) is 0 Å². The largest absolute Gasteiger partial charge is 0.574 e. The van der Waals surface area contributed by atoms with Gasteiger partial charge in [0.15, 0.2) is 5.82 Å². The molecule has 1 aliphatic carbocycles. The van der Waals surface area contributed by atoms with E-state index < -0.39 is 18.2 Å². The van der Waals surface area contributed by atoms with Crippen LogP contribution in [0.15, 0.2) is 18.2 Å². The Bertz CT molecular complexity index is 806. The van der Waals surface area contributed by atoms with Crippen LogP contribution in [0.1, 0.15) is 25.7 Å². The maximum atomic E-state index is 13.2. The van der Waals surface area contributed by atoms with E-state index in [0.717, 1.165) is 6.07 Å². The van der Waals surface area contributed by atoms with E-state index in [1.165, 1.54) is 12.1 Å². The minimum atomic E-state index is -4.89. The number of hydrogen-bond donors (Lipinski definition) is 2. The lowest BCUT2D eigenvalue weighted by Crippen LogP contribution is -2.32. The second-order valence-corrected chi connectivity index (χ2v) is 6.02. The van der Waals surface area contributed by atoms with Gasteiger partial charge in [-0.2, -0.15) is 15.0 Å². The predicted molar refractivity (Wildman–Crippen MR) is 85.0 cm³/mol. The second-order valence-electron chi connectivity index (χ2n) is 6.02. The van der Waals surface area contributed by atoms with Crippen molar-refractivity contribution in [3.63, 3.8) is 0 Å². The van der Waals surface area contributed by atoms with E-state index >= 15 is 0 Å². The molecule has 0 spiro atoms. The lowest BCUT2D eigenvalue weighted by Gasteiger charge is -2.28. The van der Waals surface area contributed by atoms with Crippen LogP contribution in [0.2, 0.25) is 0 Å². The van der Waals surface area contributed by atoms with Gasteiger partial charge in [-0.15, -0.1) is 13.2 Å². The molecule has 0 aliphatic heterocycles. The van der Waals surface area contributed by atoms with Gasteiger partial charge in [0.2, 0.25) is 23.7 Å². The molecule has 12 heteroatoms. The fourth-order valence-electron chi connectivity index (χ4n) is 2.65. The smallest absolute Gasteiger partial charge is 0.388 e. The highest BCUT2D eigenvalue weighted by Crippen LogP contribution is 2.34. The maximum Gasteiger partial charge on any atom is 0.574 e. The number of halogens is 5. The molecule has 1 fully saturated rings. The van der Waals surface area contributed by atoms with Gasteiger partial charge in [0.25, 0.3) is 0 Å². The number of nitrogens with two attached hydrogens (primary N) is 1. The van der Waals surface area contributed by atoms with Gasteiger partial charge >= 0.3 is 6.36 Å². The number of pyridine rings is 1. The molecule has 2 aromatic heterocycles. The molecule has 1 aliphatic rings. The zero-order chi connectivity index (χ0) is 19.7. The number of ether oxygens (including phenoxy) is 1. The van der Waals surface area contributed by atoms with Crippen LogP contribution in [0.5, 0.6) is 5.88 Å². The first-order valence-corrected chi connectivity index (χ1v) is 7.99. The first-order valence-electron chi connectivity index (χ1n) is 7.99. The summed E-state index contributed by atoms with van der Waals surface area (Å²) in [4.78, 5) is 15.5. The highest BCUT2D eigenvalue weighted by molar-refractivity contribution is 5.53. The molecule has 3 N–H and O–H groups in total. The van der Waals surface area contributed by atoms with Crippen molar-refractivity contribution in [2.75, 3.05) is 11.1 Å². The van der Waals surface area contributed by atoms with E-state index in [0.29, 0.717) is 0 Å². The van der Waals surface area contributed by atoms with Crippen molar-refractivity contribution in [3.8, 4) is 17.4 Å². The maximum absolute atomic E-state index is 13.2. The Balaban J connectivity index is 1.79. The van der Waals surface area contributed by atoms with Gasteiger partial charge in [0.1, 0.15) is 5.69 Å². The van der Waals surface area contributed by atoms with Gasteiger partial charge in [-0.05, 0) is 18.9 Å². The Morgan fingerprint density at radius 1 is 1.07 bits per heavy atom. The van der Waals surface area contributed by atoms with Gasteiger partial charge in [0.05, 0.1) is 0 Å². The van der Waals surface area contributed by atoms with Crippen LogP contribution in [0.4, 0.5) is 33.8 Å². The molecule has 2 heterocycles. The molecule has 1 saturated carbocycles. The molecule has 146 valence electrons. The van der Waals surface area contributed by atoms with Gasteiger partial charge in [-0.25, -0.2) is 13.8 Å². The number of nitrogen functional groups attached to an aromatic ring is 1. The quantitative estimate of drug-likeness (QED) is 0.772. The molecule has 0 atom stereocenters. The van der Waals surface area contributed by atoms with Crippen LogP contribution in [-0.2, 0) is 0 Å². The molecule has 0 aromatic carbocycles. The summed E-state index contributed by atoms with van der Waals surface area (Å²) in [5, 5.41) is 2.91. The van der Waals surface area contributed by atoms with E-state index in [4.69, 9.17) is 5.73 Å². The Hall–Kier alpha value is -2.79. The monoisotopic (exact) mass is 390 g/mol. The molecule has 0 amide bonds. The van der Waals surface area contributed by atoms with Crippen LogP contribution >= 0.6 is 0 Å². The Kier molecular flexibility index (Phi) is 4.98. The Labute approximate surface area is 150 Å². The summed E-state index contributed by atoms with van der Waals surface area (Å²) in [7, 11) is 0. The van der Waals surface area contributed by atoms with Crippen LogP contribution in [-0.4, -0.2) is 38.3 Å². The van der Waals surface area contributed by atoms with Gasteiger partial charge < -0.3 is 15.8 Å². The fraction of sp³-hybridized carbons (Fsp3) is 0.467. The predicted octanol–water partition coefficient (Wildman–Crippen LogP) is 3.40. The summed E-state index contributed by atoms with van der Waals surface area (Å²) in [6.07, 6.45) is -4.95. The molecule has 0 bridgehead atoms. The molecule has 0 unspecified atom stereocenters. The highest BCUT2D eigenvalue weighted by atomic mass is 19.4. The molecule has 2 aromatic rings. The van der Waals surface area contributed by atoms with Crippen LogP contribution < -0.4 is 15.8 Å². The molecule has 0 saturated heterocycles. The standard InChI is InChI=1S/C15H15F5N6O/c16-14(17)6-4-8(5-7-14)22-13-25-11(24-12(21)26-13)9-2-1-3-10(23-9)27-15(18,19)20/h1-3,8H,4-7H2,(H3,21,22,24,25,26). The van der Waals surface area contributed by atoms with Gasteiger partial charge in [-0.1, -0.05) is 6.07 Å². The van der Waals surface area contributed by atoms with Crippen LogP contribution in [0.3, 0.4) is 0 Å². The fourth-order valence-corrected chi connectivity index (χ4v) is 2.65. The summed E-state index contributed by atoms with van der Waals surface area (Å²) in [6, 6.07) is 3.43. The van der Waals surface area contributed by atoms with Crippen molar-refractivity contribution in [2.45, 2.75) is 44.0 Å². The number of aromatic nitrogens is 4. The topological polar surface area (TPSA) is 98.8 Å². The minimum Gasteiger partial charge on any atom is -0.388 e. The number of nitrogens with one attached hydrogen (secondary N) is 1. The van der Waals surface area contributed by atoms with Crippen molar-refractivity contribution in [1.29, 1.82) is 0 Å². The third-order valence-electron chi connectivity index (χ3n) is 3.88. The lowest BCUT2D eigenvalue weighted by atomic mass is 9.92. The Morgan fingerprint density at radius 3 is 2.44 bits per heavy atom. The van der Waals surface area contributed by atoms with E-state index in [1.54, 1.807) is 0 Å². The molecule has 27 heavy (non-hydrogen) atoms. The molecule has 3 rings (SSSR count). The average molecular weight is 390 g/mol. The van der Waals surface area contributed by atoms with Crippen molar-refractivity contribution in [1.82, 2.24) is 19.9 Å². The minimum absolute atomic E-state index is 0.0101. The van der Waals surface area contributed by atoms with Crippen molar-refractivity contribution in [3.05, 3.63) is 18.2 Å². The summed E-state index contributed by atoms with van der Waals surface area (Å²) < 4.78 is 67.2. The summed E-state index contributed by atoms with van der Waals surface area (Å²) in [6.45, 7) is 0. The SMILES string of the molecule is Nc1nc(NC2CCC(F)(F)CC2)nc(-c2cccc(OC(F)(F)F)n2)n1. The molecular formula is C15H15F5N6O. The number of nitrogens with zero attached hydrogens (tertiary/aromatic N) is 4. The second kappa shape index (κ2) is 7.08. The zero-order valence-corrected chi connectivity index (χ0v) is 13.8. The number of rotatable bonds is 4. The summed E-state index contributed by atoms with van der Waals surface area (Å²) >= 11 is 0. The van der Waals surface area contributed by atoms with Crippen LogP contribution in [0.25, 0.3) is 11.5 Å². The molecule has 0 radical (unpaired) electrons. The first kappa shape index (κ1) is 19.0. The average Bonchev–Trinajstić information content (AvgIpc) is 2.55. The van der Waals surface area contributed by atoms with Crippen molar-refractivity contribution >= 4 is 11.9 Å². The first-order chi connectivity index (χ1) is 12.6. The Morgan fingerprint density at radius 2 is 1.78 bits per heavy atom. The van der Waals surface area contributed by atoms with Crippen molar-refractivity contribution < 1.29 is 26.7 Å². The number of anilines is 2. The molecular weight excluding hydrogens is 375 g/mol. The van der Waals surface area contributed by atoms with Gasteiger partial charge in [-0.3, -0.25) is 0 Å². The number of alkyl halides is 5. The van der Waals surface area contributed by atoms with Gasteiger partial charge in [0, 0.05) is 24.9 Å². The van der Waals surface area contributed by atoms with Crippen molar-refractivity contribution in [2.24, 2.45) is 0 Å². The zero-order valence-electron chi connectivity index (χ0n) is 13.8.